The van der Waals surface area contributed by atoms with Gasteiger partial charge in [-0.2, -0.15) is 0 Å². The Labute approximate surface area is 130 Å². The van der Waals surface area contributed by atoms with Gasteiger partial charge in [0.15, 0.2) is 0 Å². The number of nitrogen functional groups attached to an aromatic ring is 1. The molecule has 120 valence electrons. The lowest BCUT2D eigenvalue weighted by Crippen LogP contribution is -2.63. The predicted octanol–water partition coefficient (Wildman–Crippen LogP) is 0.369. The van der Waals surface area contributed by atoms with Crippen LogP contribution in [0.2, 0.25) is 0 Å². The zero-order valence-electron chi connectivity index (χ0n) is 12.9. The first-order chi connectivity index (χ1) is 10.6. The average molecular weight is 304 g/mol. The molecule has 0 aliphatic carbocycles. The predicted molar refractivity (Wildman–Crippen MR) is 85.2 cm³/mol. The first-order valence-corrected chi connectivity index (χ1v) is 7.99. The normalized spacial score (nSPS) is 22.5. The van der Waals surface area contributed by atoms with Crippen molar-refractivity contribution in [2.24, 2.45) is 5.73 Å². The van der Waals surface area contributed by atoms with Crippen LogP contribution in [0.5, 0.6) is 0 Å². The summed E-state index contributed by atoms with van der Waals surface area (Å²) in [5.74, 6) is 1.00. The Balaban J connectivity index is 1.73. The maximum atomic E-state index is 12.2. The number of amides is 1. The molecule has 0 aromatic carbocycles. The highest BCUT2D eigenvalue weighted by atomic mass is 16.1. The van der Waals surface area contributed by atoms with Gasteiger partial charge in [0.25, 0.3) is 0 Å². The minimum atomic E-state index is -0.495. The van der Waals surface area contributed by atoms with Crippen molar-refractivity contribution in [3.8, 4) is 0 Å². The first kappa shape index (κ1) is 15.0. The molecule has 2 fully saturated rings. The molecule has 0 bridgehead atoms. The third-order valence-electron chi connectivity index (χ3n) is 4.98. The highest BCUT2D eigenvalue weighted by Gasteiger charge is 2.45. The van der Waals surface area contributed by atoms with Gasteiger partial charge in [0.2, 0.25) is 5.91 Å². The number of carbonyl (C=O) groups excluding carboxylic acids is 1. The Morgan fingerprint density at radius 2 is 1.77 bits per heavy atom. The summed E-state index contributed by atoms with van der Waals surface area (Å²) >= 11 is 0. The minimum absolute atomic E-state index is 0.187. The quantitative estimate of drug-likeness (QED) is 0.836. The highest BCUT2D eigenvalue weighted by Crippen LogP contribution is 2.32. The molecule has 0 atom stereocenters. The molecule has 2 aliphatic heterocycles. The van der Waals surface area contributed by atoms with Gasteiger partial charge in [0.05, 0.1) is 12.4 Å². The van der Waals surface area contributed by atoms with Crippen LogP contribution < -0.4 is 16.4 Å². The molecule has 0 unspecified atom stereocenters. The fraction of sp³-hybridized carbons (Fsp3) is 0.667. The molecule has 22 heavy (non-hydrogen) atoms. The number of nitrogens with zero attached hydrogens (tertiary/aromatic N) is 4. The third-order valence-corrected chi connectivity index (χ3v) is 4.98. The fourth-order valence-electron chi connectivity index (χ4n) is 3.67. The van der Waals surface area contributed by atoms with E-state index in [1.54, 1.807) is 6.20 Å². The van der Waals surface area contributed by atoms with Crippen molar-refractivity contribution in [2.75, 3.05) is 36.8 Å². The smallest absolute Gasteiger partial charge is 0.238 e. The van der Waals surface area contributed by atoms with Crippen molar-refractivity contribution in [3.63, 3.8) is 0 Å². The Morgan fingerprint density at radius 1 is 1.09 bits per heavy atom. The largest absolute Gasteiger partial charge is 0.382 e. The van der Waals surface area contributed by atoms with Gasteiger partial charge in [0.1, 0.15) is 17.2 Å². The molecule has 1 aromatic heterocycles. The maximum Gasteiger partial charge on any atom is 0.238 e. The van der Waals surface area contributed by atoms with Crippen molar-refractivity contribution >= 4 is 17.5 Å². The Kier molecular flexibility index (Phi) is 4.15. The van der Waals surface area contributed by atoms with Gasteiger partial charge in [-0.1, -0.05) is 6.42 Å². The summed E-state index contributed by atoms with van der Waals surface area (Å²) in [5.41, 5.74) is 11.0. The second kappa shape index (κ2) is 6.08. The van der Waals surface area contributed by atoms with Gasteiger partial charge in [-0.25, -0.2) is 4.98 Å². The summed E-state index contributed by atoms with van der Waals surface area (Å²) in [4.78, 5) is 25.0. The lowest BCUT2D eigenvalue weighted by atomic mass is 9.83. The summed E-state index contributed by atoms with van der Waals surface area (Å²) in [7, 11) is 0. The molecular formula is C15H24N6O. The van der Waals surface area contributed by atoms with E-state index < -0.39 is 5.54 Å². The topological polar surface area (TPSA) is 101 Å². The van der Waals surface area contributed by atoms with Crippen LogP contribution in [-0.4, -0.2) is 52.5 Å². The Morgan fingerprint density at radius 3 is 2.36 bits per heavy atom. The molecule has 3 heterocycles. The number of primary amides is 1. The molecule has 2 saturated heterocycles. The number of aromatic nitrogens is 2. The van der Waals surface area contributed by atoms with E-state index in [-0.39, 0.29) is 5.91 Å². The molecule has 0 radical (unpaired) electrons. The van der Waals surface area contributed by atoms with Crippen molar-refractivity contribution in [1.82, 2.24) is 14.9 Å². The van der Waals surface area contributed by atoms with Gasteiger partial charge in [0, 0.05) is 13.1 Å². The summed E-state index contributed by atoms with van der Waals surface area (Å²) in [6.45, 7) is 3.44. The van der Waals surface area contributed by atoms with Crippen LogP contribution in [-0.2, 0) is 4.79 Å². The zero-order chi connectivity index (χ0) is 15.6. The number of hydrogen-bond acceptors (Lipinski definition) is 6. The molecule has 1 amide bonds. The van der Waals surface area contributed by atoms with Crippen molar-refractivity contribution in [2.45, 2.75) is 37.6 Å². The molecule has 3 rings (SSSR count). The SMILES string of the molecule is NC(=O)C1(N2CCCCC2)CCN(c2cncc(N)n2)CC1. The first-order valence-electron chi connectivity index (χ1n) is 7.99. The second-order valence-corrected chi connectivity index (χ2v) is 6.23. The van der Waals surface area contributed by atoms with E-state index in [0.29, 0.717) is 5.82 Å². The molecule has 7 heteroatoms. The van der Waals surface area contributed by atoms with Crippen LogP contribution in [0.1, 0.15) is 32.1 Å². The molecular weight excluding hydrogens is 280 g/mol. The van der Waals surface area contributed by atoms with Gasteiger partial charge in [-0.15, -0.1) is 0 Å². The maximum absolute atomic E-state index is 12.2. The number of carbonyl (C=O) groups is 1. The fourth-order valence-corrected chi connectivity index (χ4v) is 3.67. The van der Waals surface area contributed by atoms with Crippen LogP contribution >= 0.6 is 0 Å². The van der Waals surface area contributed by atoms with Crippen LogP contribution in [0, 0.1) is 0 Å². The molecule has 2 aliphatic rings. The zero-order valence-corrected chi connectivity index (χ0v) is 12.9. The van der Waals surface area contributed by atoms with Gasteiger partial charge >= 0.3 is 0 Å². The van der Waals surface area contributed by atoms with Crippen LogP contribution in [0.3, 0.4) is 0 Å². The minimum Gasteiger partial charge on any atom is -0.382 e. The van der Waals surface area contributed by atoms with E-state index in [2.05, 4.69) is 19.8 Å². The molecule has 0 spiro atoms. The van der Waals surface area contributed by atoms with E-state index in [1.165, 1.54) is 12.6 Å². The van der Waals surface area contributed by atoms with Crippen molar-refractivity contribution in [3.05, 3.63) is 12.4 Å². The van der Waals surface area contributed by atoms with E-state index in [4.69, 9.17) is 11.5 Å². The van der Waals surface area contributed by atoms with Crippen LogP contribution in [0.15, 0.2) is 12.4 Å². The number of nitrogens with two attached hydrogens (primary N) is 2. The average Bonchev–Trinajstić information content (AvgIpc) is 2.55. The number of anilines is 2. The summed E-state index contributed by atoms with van der Waals surface area (Å²) in [5, 5.41) is 0. The molecule has 0 saturated carbocycles. The summed E-state index contributed by atoms with van der Waals surface area (Å²) in [6.07, 6.45) is 8.27. The standard InChI is InChI=1S/C15H24N6O/c16-12-10-18-11-13(19-12)20-8-4-15(5-9-20,14(17)22)21-6-2-1-3-7-21/h10-11H,1-9H2,(H2,16,19)(H2,17,22). The van der Waals surface area contributed by atoms with Gasteiger partial charge in [-0.3, -0.25) is 14.7 Å². The number of piperidine rings is 2. The van der Waals surface area contributed by atoms with Gasteiger partial charge in [-0.05, 0) is 38.8 Å². The van der Waals surface area contributed by atoms with E-state index in [9.17, 15) is 4.79 Å². The highest BCUT2D eigenvalue weighted by molar-refractivity contribution is 5.85. The lowest BCUT2D eigenvalue weighted by molar-refractivity contribution is -0.132. The Bertz CT molecular complexity index is 535. The van der Waals surface area contributed by atoms with Crippen molar-refractivity contribution < 1.29 is 4.79 Å². The monoisotopic (exact) mass is 304 g/mol. The van der Waals surface area contributed by atoms with Crippen LogP contribution in [0.4, 0.5) is 11.6 Å². The second-order valence-electron chi connectivity index (χ2n) is 6.23. The van der Waals surface area contributed by atoms with E-state index in [1.807, 2.05) is 0 Å². The molecule has 1 aromatic rings. The van der Waals surface area contributed by atoms with Crippen LogP contribution in [0.25, 0.3) is 0 Å². The lowest BCUT2D eigenvalue weighted by Gasteiger charge is -2.48. The summed E-state index contributed by atoms with van der Waals surface area (Å²) < 4.78 is 0. The molecule has 4 N–H and O–H groups in total. The van der Waals surface area contributed by atoms with E-state index >= 15 is 0 Å². The Hall–Kier alpha value is -1.89. The van der Waals surface area contributed by atoms with Crippen molar-refractivity contribution in [1.29, 1.82) is 0 Å². The van der Waals surface area contributed by atoms with E-state index in [0.717, 1.165) is 57.7 Å². The third kappa shape index (κ3) is 2.72. The summed E-state index contributed by atoms with van der Waals surface area (Å²) in [6, 6.07) is 0. The molecule has 7 nitrogen and oxygen atoms in total. The number of likely N-dealkylation sites (tertiary alicyclic amines) is 1. The van der Waals surface area contributed by atoms with Gasteiger partial charge < -0.3 is 16.4 Å². The number of hydrogen-bond donors (Lipinski definition) is 2. The number of rotatable bonds is 3.